The fourth-order valence-corrected chi connectivity index (χ4v) is 3.58. The SMILES string of the molecule is CCCc1ccc(C(NCC)C2CCC(C)CC2)cc1. The molecule has 0 radical (unpaired) electrons. The summed E-state index contributed by atoms with van der Waals surface area (Å²) in [5.74, 6) is 1.75. The van der Waals surface area contributed by atoms with Gasteiger partial charge in [0.25, 0.3) is 0 Å². The van der Waals surface area contributed by atoms with E-state index in [1.807, 2.05) is 0 Å². The molecule has 1 nitrogen and oxygen atoms in total. The Bertz CT molecular complexity index is 373. The molecule has 1 aliphatic carbocycles. The predicted molar refractivity (Wildman–Crippen MR) is 88.0 cm³/mol. The second-order valence-electron chi connectivity index (χ2n) is 6.55. The molecular formula is C19H31N. The van der Waals surface area contributed by atoms with Crippen LogP contribution in [0.3, 0.4) is 0 Å². The third-order valence-electron chi connectivity index (χ3n) is 4.83. The molecule has 1 N–H and O–H groups in total. The molecule has 0 aromatic heterocycles. The molecule has 0 spiro atoms. The van der Waals surface area contributed by atoms with Crippen LogP contribution in [0.1, 0.15) is 70.0 Å². The molecule has 1 aromatic rings. The van der Waals surface area contributed by atoms with Crippen molar-refractivity contribution >= 4 is 0 Å². The molecular weight excluding hydrogens is 242 g/mol. The largest absolute Gasteiger partial charge is 0.310 e. The lowest BCUT2D eigenvalue weighted by Crippen LogP contribution is -2.30. The van der Waals surface area contributed by atoms with Gasteiger partial charge in [-0.3, -0.25) is 0 Å². The first kappa shape index (κ1) is 15.6. The predicted octanol–water partition coefficient (Wildman–Crippen LogP) is 5.12. The van der Waals surface area contributed by atoms with Gasteiger partial charge in [0.2, 0.25) is 0 Å². The van der Waals surface area contributed by atoms with Crippen LogP contribution in [-0.4, -0.2) is 6.54 Å². The molecule has 0 saturated heterocycles. The van der Waals surface area contributed by atoms with Crippen LogP contribution in [0.15, 0.2) is 24.3 Å². The zero-order chi connectivity index (χ0) is 14.4. The molecule has 1 atom stereocenters. The Balaban J connectivity index is 2.07. The number of benzene rings is 1. The van der Waals surface area contributed by atoms with E-state index in [1.165, 1.54) is 49.7 Å². The standard InChI is InChI=1S/C19H31N/c1-4-6-16-9-13-18(14-10-16)19(20-5-2)17-11-7-15(3)8-12-17/h9-10,13-15,17,19-20H,4-8,11-12H2,1-3H3. The van der Waals surface area contributed by atoms with Crippen molar-refractivity contribution in [3.8, 4) is 0 Å². The van der Waals surface area contributed by atoms with Gasteiger partial charge in [0, 0.05) is 6.04 Å². The molecule has 2 rings (SSSR count). The molecule has 1 unspecified atom stereocenters. The lowest BCUT2D eigenvalue weighted by molar-refractivity contribution is 0.233. The molecule has 0 amide bonds. The number of hydrogen-bond donors (Lipinski definition) is 1. The minimum absolute atomic E-state index is 0.558. The Kier molecular flexibility index (Phi) is 6.09. The van der Waals surface area contributed by atoms with Crippen molar-refractivity contribution in [3.63, 3.8) is 0 Å². The summed E-state index contributed by atoms with van der Waals surface area (Å²) in [5, 5.41) is 3.73. The van der Waals surface area contributed by atoms with E-state index in [2.05, 4.69) is 50.4 Å². The Hall–Kier alpha value is -0.820. The molecule has 1 heteroatoms. The summed E-state index contributed by atoms with van der Waals surface area (Å²) < 4.78 is 0. The summed E-state index contributed by atoms with van der Waals surface area (Å²) in [6, 6.07) is 9.93. The van der Waals surface area contributed by atoms with E-state index in [-0.39, 0.29) is 0 Å². The van der Waals surface area contributed by atoms with Gasteiger partial charge in [-0.1, -0.05) is 64.3 Å². The molecule has 0 aliphatic heterocycles. The molecule has 0 bridgehead atoms. The van der Waals surface area contributed by atoms with Gasteiger partial charge >= 0.3 is 0 Å². The fraction of sp³-hybridized carbons (Fsp3) is 0.684. The van der Waals surface area contributed by atoms with Gasteiger partial charge < -0.3 is 5.32 Å². The number of rotatable bonds is 6. The molecule has 1 aromatic carbocycles. The second kappa shape index (κ2) is 7.83. The smallest absolute Gasteiger partial charge is 0.0348 e. The Labute approximate surface area is 125 Å². The quantitative estimate of drug-likeness (QED) is 0.759. The highest BCUT2D eigenvalue weighted by molar-refractivity contribution is 5.26. The molecule has 1 aliphatic rings. The summed E-state index contributed by atoms with van der Waals surface area (Å²) in [5.41, 5.74) is 2.97. The third-order valence-corrected chi connectivity index (χ3v) is 4.83. The topological polar surface area (TPSA) is 12.0 Å². The van der Waals surface area contributed by atoms with Crippen LogP contribution in [0.4, 0.5) is 0 Å². The summed E-state index contributed by atoms with van der Waals surface area (Å²) >= 11 is 0. The van der Waals surface area contributed by atoms with Crippen LogP contribution in [0, 0.1) is 11.8 Å². The average Bonchev–Trinajstić information content (AvgIpc) is 2.47. The normalized spacial score (nSPS) is 24.6. The second-order valence-corrected chi connectivity index (χ2v) is 6.55. The van der Waals surface area contributed by atoms with Gasteiger partial charge in [-0.2, -0.15) is 0 Å². The van der Waals surface area contributed by atoms with Crippen molar-refractivity contribution in [2.24, 2.45) is 11.8 Å². The lowest BCUT2D eigenvalue weighted by Gasteiger charge is -2.33. The molecule has 1 saturated carbocycles. The van der Waals surface area contributed by atoms with Crippen molar-refractivity contribution in [3.05, 3.63) is 35.4 Å². The maximum Gasteiger partial charge on any atom is 0.0348 e. The van der Waals surface area contributed by atoms with Gasteiger partial charge in [-0.15, -0.1) is 0 Å². The van der Waals surface area contributed by atoms with E-state index in [4.69, 9.17) is 0 Å². The Morgan fingerprint density at radius 1 is 1.05 bits per heavy atom. The van der Waals surface area contributed by atoms with Crippen molar-refractivity contribution in [1.82, 2.24) is 5.32 Å². The minimum atomic E-state index is 0.558. The van der Waals surface area contributed by atoms with Gasteiger partial charge in [-0.05, 0) is 48.8 Å². The summed E-state index contributed by atoms with van der Waals surface area (Å²) in [6.45, 7) is 7.94. The molecule has 112 valence electrons. The van der Waals surface area contributed by atoms with Crippen LogP contribution in [-0.2, 0) is 6.42 Å². The summed E-state index contributed by atoms with van der Waals surface area (Å²) in [7, 11) is 0. The minimum Gasteiger partial charge on any atom is -0.310 e. The van der Waals surface area contributed by atoms with Crippen LogP contribution >= 0.6 is 0 Å². The first-order chi connectivity index (χ1) is 9.74. The monoisotopic (exact) mass is 273 g/mol. The zero-order valence-corrected chi connectivity index (χ0v) is 13.5. The van der Waals surface area contributed by atoms with Gasteiger partial charge in [0.05, 0.1) is 0 Å². The van der Waals surface area contributed by atoms with E-state index in [0.29, 0.717) is 6.04 Å². The van der Waals surface area contributed by atoms with E-state index >= 15 is 0 Å². The van der Waals surface area contributed by atoms with Crippen molar-refractivity contribution < 1.29 is 0 Å². The molecule has 0 heterocycles. The highest BCUT2D eigenvalue weighted by atomic mass is 14.9. The summed E-state index contributed by atoms with van der Waals surface area (Å²) in [4.78, 5) is 0. The van der Waals surface area contributed by atoms with Crippen LogP contribution < -0.4 is 5.32 Å². The highest BCUT2D eigenvalue weighted by Crippen LogP contribution is 2.36. The molecule has 1 fully saturated rings. The maximum atomic E-state index is 3.73. The van der Waals surface area contributed by atoms with E-state index in [1.54, 1.807) is 0 Å². The highest BCUT2D eigenvalue weighted by Gasteiger charge is 2.26. The van der Waals surface area contributed by atoms with Gasteiger partial charge in [-0.25, -0.2) is 0 Å². The number of nitrogens with one attached hydrogen (secondary N) is 1. The Morgan fingerprint density at radius 3 is 2.25 bits per heavy atom. The lowest BCUT2D eigenvalue weighted by atomic mass is 9.77. The van der Waals surface area contributed by atoms with E-state index < -0.39 is 0 Å². The van der Waals surface area contributed by atoms with Gasteiger partial charge in [0.15, 0.2) is 0 Å². The third kappa shape index (κ3) is 4.09. The first-order valence-electron chi connectivity index (χ1n) is 8.56. The van der Waals surface area contributed by atoms with Crippen LogP contribution in [0.2, 0.25) is 0 Å². The number of hydrogen-bond acceptors (Lipinski definition) is 1. The zero-order valence-electron chi connectivity index (χ0n) is 13.5. The fourth-order valence-electron chi connectivity index (χ4n) is 3.58. The van der Waals surface area contributed by atoms with Crippen molar-refractivity contribution in [1.29, 1.82) is 0 Å². The maximum absolute atomic E-state index is 3.73. The average molecular weight is 273 g/mol. The van der Waals surface area contributed by atoms with Crippen LogP contribution in [0.25, 0.3) is 0 Å². The van der Waals surface area contributed by atoms with Crippen molar-refractivity contribution in [2.45, 2.75) is 65.3 Å². The van der Waals surface area contributed by atoms with Crippen LogP contribution in [0.5, 0.6) is 0 Å². The molecule has 20 heavy (non-hydrogen) atoms. The van der Waals surface area contributed by atoms with E-state index in [0.717, 1.165) is 18.4 Å². The van der Waals surface area contributed by atoms with Crippen molar-refractivity contribution in [2.75, 3.05) is 6.54 Å². The van der Waals surface area contributed by atoms with E-state index in [9.17, 15) is 0 Å². The summed E-state index contributed by atoms with van der Waals surface area (Å²) in [6.07, 6.45) is 8.01. The number of aryl methyl sites for hydroxylation is 1. The van der Waals surface area contributed by atoms with Gasteiger partial charge in [0.1, 0.15) is 0 Å². The first-order valence-corrected chi connectivity index (χ1v) is 8.56. The Morgan fingerprint density at radius 2 is 1.70 bits per heavy atom.